The van der Waals surface area contributed by atoms with Gasteiger partial charge < -0.3 is 5.11 Å². The number of aliphatic carboxylic acids is 1. The average molecular weight is 294 g/mol. The molecule has 0 fully saturated rings. The lowest BCUT2D eigenvalue weighted by atomic mass is 10.0. The fraction of sp³-hybridized carbons (Fsp3) is 0.400. The summed E-state index contributed by atoms with van der Waals surface area (Å²) in [4.78, 5) is 14.2. The van der Waals surface area contributed by atoms with Gasteiger partial charge in [-0.05, 0) is 23.6 Å². The van der Waals surface area contributed by atoms with E-state index < -0.39 is 12.4 Å². The Morgan fingerprint density at radius 1 is 1.62 bits per heavy atom. The Bertz CT molecular complexity index is 410. The molecule has 0 amide bonds. The van der Waals surface area contributed by atoms with E-state index in [0.717, 1.165) is 0 Å². The summed E-state index contributed by atoms with van der Waals surface area (Å²) >= 11 is 3.11. The number of hydrogen-bond acceptors (Lipinski definition) is 2. The molecule has 0 atom stereocenters. The molecule has 0 aliphatic carbocycles. The molecular weight excluding hydrogens is 284 g/mol. The summed E-state index contributed by atoms with van der Waals surface area (Å²) in [5, 5.41) is 8.88. The molecule has 88 valence electrons. The van der Waals surface area contributed by atoms with Crippen LogP contribution in [0.25, 0.3) is 0 Å². The third-order valence-electron chi connectivity index (χ3n) is 2.29. The Morgan fingerprint density at radius 2 is 2.25 bits per heavy atom. The van der Waals surface area contributed by atoms with Gasteiger partial charge in [-0.1, -0.05) is 15.9 Å². The number of carboxylic acids is 1. The summed E-state index contributed by atoms with van der Waals surface area (Å²) in [6, 6.07) is 0. The molecule has 1 aromatic rings. The topological polar surface area (TPSA) is 50.2 Å². The Kier molecular flexibility index (Phi) is 4.35. The van der Waals surface area contributed by atoms with Crippen LogP contribution in [0.1, 0.15) is 28.8 Å². The van der Waals surface area contributed by atoms with Gasteiger partial charge in [-0.15, -0.1) is 0 Å². The molecule has 0 aliphatic heterocycles. The maximum atomic E-state index is 12.6. The van der Waals surface area contributed by atoms with E-state index in [1.54, 1.807) is 6.92 Å². The van der Waals surface area contributed by atoms with Gasteiger partial charge in [0, 0.05) is 11.5 Å². The van der Waals surface area contributed by atoms with Gasteiger partial charge in [0.15, 0.2) is 0 Å². The van der Waals surface area contributed by atoms with Gasteiger partial charge in [-0.25, -0.2) is 8.78 Å². The third-order valence-corrected chi connectivity index (χ3v) is 2.85. The maximum Gasteiger partial charge on any atom is 0.307 e. The number of carboxylic acid groups (broad SMARTS) is 1. The van der Waals surface area contributed by atoms with Crippen LogP contribution in [0.5, 0.6) is 0 Å². The summed E-state index contributed by atoms with van der Waals surface area (Å²) in [7, 11) is 0. The number of carbonyl (C=O) groups is 1. The number of pyridine rings is 1. The van der Waals surface area contributed by atoms with Crippen LogP contribution in [0.3, 0.4) is 0 Å². The summed E-state index contributed by atoms with van der Waals surface area (Å²) in [6.45, 7) is 1.63. The first kappa shape index (κ1) is 13.0. The first-order valence-corrected chi connectivity index (χ1v) is 5.62. The van der Waals surface area contributed by atoms with Crippen molar-refractivity contribution in [2.75, 3.05) is 0 Å². The molecule has 1 aromatic heterocycles. The number of alkyl halides is 3. The summed E-state index contributed by atoms with van der Waals surface area (Å²) in [6.07, 6.45) is -1.65. The SMILES string of the molecule is Cc1c(CC(=O)O)cnc(C(F)F)c1CBr. The monoisotopic (exact) mass is 293 g/mol. The summed E-state index contributed by atoms with van der Waals surface area (Å²) < 4.78 is 25.2. The van der Waals surface area contributed by atoms with E-state index in [1.807, 2.05) is 0 Å². The number of halogens is 3. The van der Waals surface area contributed by atoms with Crippen LogP contribution in [0.2, 0.25) is 0 Å². The standard InChI is InChI=1S/C10H10BrF2NO2/c1-5-6(2-8(15)16)4-14-9(10(12)13)7(5)3-11/h4,10H,2-3H2,1H3,(H,15,16). The largest absolute Gasteiger partial charge is 0.481 e. The van der Waals surface area contributed by atoms with Gasteiger partial charge in [-0.3, -0.25) is 9.78 Å². The van der Waals surface area contributed by atoms with Crippen LogP contribution in [0.15, 0.2) is 6.20 Å². The van der Waals surface area contributed by atoms with Crippen molar-refractivity contribution >= 4 is 21.9 Å². The highest BCUT2D eigenvalue weighted by atomic mass is 79.9. The van der Waals surface area contributed by atoms with E-state index >= 15 is 0 Å². The quantitative estimate of drug-likeness (QED) is 0.869. The van der Waals surface area contributed by atoms with Crippen molar-refractivity contribution < 1.29 is 18.7 Å². The molecule has 0 saturated carbocycles. The van der Waals surface area contributed by atoms with E-state index in [1.165, 1.54) is 6.20 Å². The van der Waals surface area contributed by atoms with Crippen LogP contribution in [-0.4, -0.2) is 16.1 Å². The van der Waals surface area contributed by atoms with Gasteiger partial charge in [0.2, 0.25) is 0 Å². The molecular formula is C10H10BrF2NO2. The van der Waals surface area contributed by atoms with E-state index in [-0.39, 0.29) is 17.4 Å². The Labute approximate surface area is 99.6 Å². The average Bonchev–Trinajstić information content (AvgIpc) is 2.19. The number of nitrogens with zero attached hydrogens (tertiary/aromatic N) is 1. The Hall–Kier alpha value is -1.04. The van der Waals surface area contributed by atoms with Crippen molar-refractivity contribution in [3.05, 3.63) is 28.6 Å². The molecule has 3 nitrogen and oxygen atoms in total. The highest BCUT2D eigenvalue weighted by Gasteiger charge is 2.18. The van der Waals surface area contributed by atoms with Gasteiger partial charge in [-0.2, -0.15) is 0 Å². The van der Waals surface area contributed by atoms with Crippen molar-refractivity contribution in [1.82, 2.24) is 4.98 Å². The zero-order chi connectivity index (χ0) is 12.3. The molecule has 0 spiro atoms. The van der Waals surface area contributed by atoms with Crippen molar-refractivity contribution in [3.63, 3.8) is 0 Å². The van der Waals surface area contributed by atoms with E-state index in [0.29, 0.717) is 16.7 Å². The zero-order valence-electron chi connectivity index (χ0n) is 8.51. The predicted octanol–water partition coefficient (Wildman–Crippen LogP) is 2.85. The maximum absolute atomic E-state index is 12.6. The van der Waals surface area contributed by atoms with Crippen molar-refractivity contribution in [1.29, 1.82) is 0 Å². The lowest BCUT2D eigenvalue weighted by molar-refractivity contribution is -0.136. The fourth-order valence-electron chi connectivity index (χ4n) is 1.41. The minimum Gasteiger partial charge on any atom is -0.481 e. The molecule has 0 radical (unpaired) electrons. The molecule has 0 aliphatic rings. The smallest absolute Gasteiger partial charge is 0.307 e. The van der Waals surface area contributed by atoms with Crippen LogP contribution < -0.4 is 0 Å². The van der Waals surface area contributed by atoms with Gasteiger partial charge in [0.25, 0.3) is 6.43 Å². The lowest BCUT2D eigenvalue weighted by Gasteiger charge is -2.12. The fourth-order valence-corrected chi connectivity index (χ4v) is 2.11. The number of aromatic nitrogens is 1. The molecule has 0 bridgehead atoms. The highest BCUT2D eigenvalue weighted by molar-refractivity contribution is 9.08. The van der Waals surface area contributed by atoms with Crippen molar-refractivity contribution in [2.24, 2.45) is 0 Å². The minimum atomic E-state index is -2.65. The molecule has 6 heteroatoms. The van der Waals surface area contributed by atoms with E-state index in [2.05, 4.69) is 20.9 Å². The second-order valence-electron chi connectivity index (χ2n) is 3.28. The normalized spacial score (nSPS) is 10.8. The van der Waals surface area contributed by atoms with E-state index in [4.69, 9.17) is 5.11 Å². The molecule has 0 unspecified atom stereocenters. The molecule has 1 N–H and O–H groups in total. The molecule has 0 saturated heterocycles. The second-order valence-corrected chi connectivity index (χ2v) is 3.84. The first-order chi connectivity index (χ1) is 7.47. The van der Waals surface area contributed by atoms with Crippen LogP contribution in [0, 0.1) is 6.92 Å². The number of hydrogen-bond donors (Lipinski definition) is 1. The van der Waals surface area contributed by atoms with Crippen LogP contribution >= 0.6 is 15.9 Å². The Balaban J connectivity index is 3.23. The van der Waals surface area contributed by atoms with Gasteiger partial charge in [0.05, 0.1) is 6.42 Å². The third kappa shape index (κ3) is 2.75. The first-order valence-electron chi connectivity index (χ1n) is 4.50. The minimum absolute atomic E-state index is 0.206. The molecule has 0 aromatic carbocycles. The van der Waals surface area contributed by atoms with Gasteiger partial charge in [0.1, 0.15) is 5.69 Å². The van der Waals surface area contributed by atoms with E-state index in [9.17, 15) is 13.6 Å². The lowest BCUT2D eigenvalue weighted by Crippen LogP contribution is -2.07. The molecule has 1 rings (SSSR count). The Morgan fingerprint density at radius 3 is 2.69 bits per heavy atom. The van der Waals surface area contributed by atoms with Gasteiger partial charge >= 0.3 is 5.97 Å². The second kappa shape index (κ2) is 5.34. The zero-order valence-corrected chi connectivity index (χ0v) is 10.1. The summed E-state index contributed by atoms with van der Waals surface area (Å²) in [5.74, 6) is -1.00. The van der Waals surface area contributed by atoms with Crippen molar-refractivity contribution in [2.45, 2.75) is 25.1 Å². The van der Waals surface area contributed by atoms with Crippen LogP contribution in [-0.2, 0) is 16.5 Å². The molecule has 1 heterocycles. The predicted molar refractivity (Wildman–Crippen MR) is 57.9 cm³/mol. The molecule has 16 heavy (non-hydrogen) atoms. The number of rotatable bonds is 4. The summed E-state index contributed by atoms with van der Waals surface area (Å²) in [5.41, 5.74) is 1.10. The highest BCUT2D eigenvalue weighted by Crippen LogP contribution is 2.27. The van der Waals surface area contributed by atoms with Crippen LogP contribution in [0.4, 0.5) is 8.78 Å². The van der Waals surface area contributed by atoms with Crippen molar-refractivity contribution in [3.8, 4) is 0 Å².